The molecule has 0 aromatic carbocycles. The monoisotopic (exact) mass is 442 g/mol. The summed E-state index contributed by atoms with van der Waals surface area (Å²) < 4.78 is 44.5. The topological polar surface area (TPSA) is 128 Å². The zero-order valence-corrected chi connectivity index (χ0v) is 17.0. The summed E-state index contributed by atoms with van der Waals surface area (Å²) in [6.07, 6.45) is 0. The van der Waals surface area contributed by atoms with Gasteiger partial charge in [-0.05, 0) is 15.9 Å². The smallest absolute Gasteiger partial charge is 0.870 e. The Morgan fingerprint density at radius 2 is 1.11 bits per heavy atom. The molecule has 0 heterocycles. The first-order valence-corrected chi connectivity index (χ1v) is 4.50. The van der Waals surface area contributed by atoms with Gasteiger partial charge in [-0.3, -0.25) is 0 Å². The molecule has 106 valence electrons. The van der Waals surface area contributed by atoms with Gasteiger partial charge in [0.1, 0.15) is 5.97 Å². The van der Waals surface area contributed by atoms with Crippen LogP contribution in [-0.4, -0.2) is 44.4 Å². The van der Waals surface area contributed by atoms with Gasteiger partial charge in [-0.15, -0.1) is 0 Å². The fourth-order valence-corrected chi connectivity index (χ4v) is 0. The van der Waals surface area contributed by atoms with E-state index in [9.17, 15) is 22.4 Å². The Labute approximate surface area is 166 Å². The first-order valence-electron chi connectivity index (χ1n) is 2.92. The van der Waals surface area contributed by atoms with Gasteiger partial charge >= 0.3 is 74.7 Å². The Morgan fingerprint density at radius 3 is 1.11 bits per heavy atom. The van der Waals surface area contributed by atoms with E-state index in [0.29, 0.717) is 0 Å². The second-order valence-corrected chi connectivity index (χ2v) is 3.58. The molecular formula is C5H6Br2F4Na2O6. The number of carbonyl (C=O) groups excluding carboxylic acids is 1. The Hall–Kier alpha value is 1.54. The van der Waals surface area contributed by atoms with Crippen LogP contribution in [0.3, 0.4) is 0 Å². The van der Waals surface area contributed by atoms with Crippen molar-refractivity contribution in [3.8, 4) is 0 Å². The average molecular weight is 444 g/mol. The SMILES string of the molecule is CO.O=C(O)C(F)(F)Br.O=C([O-])C(F)(F)Br.[Na+].[Na+].[OH-]. The van der Waals surface area contributed by atoms with Crippen LogP contribution in [0.2, 0.25) is 0 Å². The van der Waals surface area contributed by atoms with Crippen molar-refractivity contribution in [3.05, 3.63) is 0 Å². The van der Waals surface area contributed by atoms with Crippen molar-refractivity contribution in [1.29, 1.82) is 0 Å². The molecule has 0 radical (unpaired) electrons. The van der Waals surface area contributed by atoms with E-state index in [1.165, 1.54) is 0 Å². The molecule has 19 heavy (non-hydrogen) atoms. The van der Waals surface area contributed by atoms with Crippen molar-refractivity contribution in [3.63, 3.8) is 0 Å². The molecule has 0 spiro atoms. The van der Waals surface area contributed by atoms with E-state index in [2.05, 4.69) is 0 Å². The summed E-state index contributed by atoms with van der Waals surface area (Å²) in [4.78, 5) is 10.7. The van der Waals surface area contributed by atoms with Gasteiger partial charge in [0.25, 0.3) is 0 Å². The summed E-state index contributed by atoms with van der Waals surface area (Å²) in [6.45, 7) is 0. The minimum Gasteiger partial charge on any atom is -0.870 e. The van der Waals surface area contributed by atoms with Crippen LogP contribution >= 0.6 is 31.9 Å². The van der Waals surface area contributed by atoms with E-state index < -0.39 is 21.6 Å². The number of carboxylic acid groups (broad SMARTS) is 2. The summed E-state index contributed by atoms with van der Waals surface area (Å²) in [7, 11) is 1.00. The second-order valence-electron chi connectivity index (χ2n) is 1.59. The number of hydrogen-bond acceptors (Lipinski definition) is 5. The molecule has 0 saturated heterocycles. The quantitative estimate of drug-likeness (QED) is 0.249. The number of carbonyl (C=O) groups is 2. The molecule has 0 fully saturated rings. The molecule has 3 N–H and O–H groups in total. The number of halogens is 6. The van der Waals surface area contributed by atoms with Gasteiger partial charge in [0.15, 0.2) is 0 Å². The van der Waals surface area contributed by atoms with Crippen molar-refractivity contribution in [2.45, 2.75) is 9.66 Å². The summed E-state index contributed by atoms with van der Waals surface area (Å²) in [5.41, 5.74) is 0. The molecule has 6 nitrogen and oxygen atoms in total. The molecule has 0 aromatic rings. The standard InChI is InChI=1S/2C2HBrF2O2.CH4O.2Na.H2O/c2*3-2(4,5)1(6)7;1-2;;;/h2*(H,6,7);2H,1H3;;;1H2/q;;;2*+1;/p-2. The van der Waals surface area contributed by atoms with Crippen molar-refractivity contribution in [2.24, 2.45) is 0 Å². The Balaban J connectivity index is -0.0000000344. The van der Waals surface area contributed by atoms with Gasteiger partial charge in [0.2, 0.25) is 0 Å². The van der Waals surface area contributed by atoms with Crippen LogP contribution in [0.1, 0.15) is 0 Å². The minimum absolute atomic E-state index is 0. The number of aliphatic hydroxyl groups excluding tert-OH is 1. The molecular weight excluding hydrogens is 438 g/mol. The second kappa shape index (κ2) is 17.6. The number of rotatable bonds is 2. The number of aliphatic carboxylic acids is 2. The maximum Gasteiger partial charge on any atom is 1.00 e. The molecule has 0 rings (SSSR count). The van der Waals surface area contributed by atoms with Crippen molar-refractivity contribution < 1.29 is 107 Å². The van der Waals surface area contributed by atoms with E-state index in [-0.39, 0.29) is 64.6 Å². The number of carboxylic acids is 2. The maximum absolute atomic E-state index is 11.2. The number of aliphatic hydroxyl groups is 1. The van der Waals surface area contributed by atoms with E-state index in [0.717, 1.165) is 7.11 Å². The predicted octanol–water partition coefficient (Wildman–Crippen LogP) is -5.78. The van der Waals surface area contributed by atoms with Crippen LogP contribution in [0.4, 0.5) is 17.6 Å². The molecule has 14 heteroatoms. The van der Waals surface area contributed by atoms with Crippen LogP contribution in [-0.2, 0) is 9.59 Å². The Kier molecular flexibility index (Phi) is 34.3. The zero-order valence-electron chi connectivity index (χ0n) is 9.83. The largest absolute Gasteiger partial charge is 1.00 e. The Morgan fingerprint density at radius 1 is 1.00 bits per heavy atom. The van der Waals surface area contributed by atoms with E-state index in [1.54, 1.807) is 31.9 Å². The van der Waals surface area contributed by atoms with Crippen molar-refractivity contribution >= 4 is 43.8 Å². The minimum atomic E-state index is -3.88. The molecule has 0 unspecified atom stereocenters. The van der Waals surface area contributed by atoms with Crippen LogP contribution in [0.5, 0.6) is 0 Å². The summed E-state index contributed by atoms with van der Waals surface area (Å²) >= 11 is 3.16. The molecule has 0 aliphatic heterocycles. The van der Waals surface area contributed by atoms with E-state index in [1.807, 2.05) is 0 Å². The first kappa shape index (κ1) is 37.1. The molecule has 0 aliphatic carbocycles. The Bertz CT molecular complexity index is 211. The molecule has 0 aliphatic rings. The summed E-state index contributed by atoms with van der Waals surface area (Å²) in [5.74, 6) is -4.60. The van der Waals surface area contributed by atoms with Gasteiger partial charge < -0.3 is 25.6 Å². The molecule has 0 bridgehead atoms. The third kappa shape index (κ3) is 32.8. The van der Waals surface area contributed by atoms with Crippen LogP contribution in [0.15, 0.2) is 0 Å². The van der Waals surface area contributed by atoms with Crippen molar-refractivity contribution in [1.82, 2.24) is 0 Å². The van der Waals surface area contributed by atoms with E-state index in [4.69, 9.17) is 20.1 Å². The molecule has 0 aromatic heterocycles. The van der Waals surface area contributed by atoms with Crippen LogP contribution in [0.25, 0.3) is 0 Å². The van der Waals surface area contributed by atoms with Gasteiger partial charge in [0, 0.05) is 23.0 Å². The van der Waals surface area contributed by atoms with Gasteiger partial charge in [-0.2, -0.15) is 17.6 Å². The predicted molar refractivity (Wildman–Crippen MR) is 50.5 cm³/mol. The van der Waals surface area contributed by atoms with Crippen LogP contribution < -0.4 is 64.2 Å². The molecule has 0 saturated carbocycles. The fraction of sp³-hybridized carbons (Fsp3) is 0.600. The first-order chi connectivity index (χ1) is 6.89. The van der Waals surface area contributed by atoms with Crippen molar-refractivity contribution in [2.75, 3.05) is 7.11 Å². The third-order valence-corrected chi connectivity index (χ3v) is 1.14. The van der Waals surface area contributed by atoms with Gasteiger partial charge in [-0.25, -0.2) is 4.79 Å². The third-order valence-electron chi connectivity index (χ3n) is 0.474. The average Bonchev–Trinajstić information content (AvgIpc) is 2.05. The normalized spacial score (nSPS) is 8.63. The van der Waals surface area contributed by atoms with E-state index >= 15 is 0 Å². The zero-order chi connectivity index (χ0) is 14.2. The van der Waals surface area contributed by atoms with Crippen LogP contribution in [0, 0.1) is 0 Å². The van der Waals surface area contributed by atoms with Gasteiger partial charge in [0.05, 0.1) is 0 Å². The number of hydrogen-bond donors (Lipinski definition) is 2. The summed E-state index contributed by atoms with van der Waals surface area (Å²) in [5, 5.41) is 23.6. The summed E-state index contributed by atoms with van der Waals surface area (Å²) in [6, 6.07) is 0. The number of alkyl halides is 6. The fourth-order valence-electron chi connectivity index (χ4n) is 0. The molecule has 0 atom stereocenters. The molecule has 0 amide bonds. The van der Waals surface area contributed by atoms with Gasteiger partial charge in [-0.1, -0.05) is 0 Å². The maximum atomic E-state index is 11.2.